The van der Waals surface area contributed by atoms with E-state index in [0.717, 1.165) is 15.7 Å². The Bertz CT molecular complexity index is 692. The molecule has 0 atom stereocenters. The lowest BCUT2D eigenvalue weighted by atomic mass is 10.3. The van der Waals surface area contributed by atoms with Crippen molar-refractivity contribution < 1.29 is 9.15 Å². The third-order valence-corrected chi connectivity index (χ3v) is 3.01. The van der Waals surface area contributed by atoms with Gasteiger partial charge in [0.05, 0.1) is 7.11 Å². The number of aromatic nitrogens is 2. The summed E-state index contributed by atoms with van der Waals surface area (Å²) >= 11 is 3.34. The van der Waals surface area contributed by atoms with Crippen LogP contribution in [0.3, 0.4) is 0 Å². The van der Waals surface area contributed by atoms with Gasteiger partial charge in [-0.25, -0.2) is 4.98 Å². The molecule has 0 aliphatic rings. The monoisotopic (exact) mass is 304 g/mol. The molecule has 0 bridgehead atoms. The summed E-state index contributed by atoms with van der Waals surface area (Å²) in [5, 5.41) is 0. The molecule has 5 heteroatoms. The van der Waals surface area contributed by atoms with Crippen molar-refractivity contribution in [3.05, 3.63) is 41.0 Å². The maximum absolute atomic E-state index is 5.67. The second kappa shape index (κ2) is 4.42. The smallest absolute Gasteiger partial charge is 0.246 e. The second-order valence-electron chi connectivity index (χ2n) is 3.71. The molecule has 0 unspecified atom stereocenters. The zero-order valence-electron chi connectivity index (χ0n) is 9.55. The molecule has 0 N–H and O–H groups in total. The molecule has 0 aliphatic heterocycles. The Balaban J connectivity index is 2.10. The summed E-state index contributed by atoms with van der Waals surface area (Å²) in [6.45, 7) is 0. The van der Waals surface area contributed by atoms with Crippen LogP contribution in [0.4, 0.5) is 0 Å². The topological polar surface area (TPSA) is 48.2 Å². The Labute approximate surface area is 112 Å². The molecule has 90 valence electrons. The van der Waals surface area contributed by atoms with Gasteiger partial charge in [0.1, 0.15) is 17.0 Å². The van der Waals surface area contributed by atoms with Crippen LogP contribution >= 0.6 is 15.9 Å². The molecule has 2 heterocycles. The van der Waals surface area contributed by atoms with Gasteiger partial charge in [-0.1, -0.05) is 0 Å². The fourth-order valence-electron chi connectivity index (χ4n) is 1.64. The van der Waals surface area contributed by atoms with Crippen molar-refractivity contribution in [1.29, 1.82) is 0 Å². The highest BCUT2D eigenvalue weighted by Gasteiger charge is 2.09. The minimum absolute atomic E-state index is 0.505. The number of rotatable bonds is 2. The van der Waals surface area contributed by atoms with Gasteiger partial charge in [0.2, 0.25) is 5.89 Å². The standard InChI is InChI=1S/C13H9BrN2O2/c1-17-9-3-5-10-12(6-9)18-13(16-10)11-4-2-8(14)7-15-11/h2-7H,1H3. The van der Waals surface area contributed by atoms with Crippen molar-refractivity contribution in [3.8, 4) is 17.3 Å². The van der Waals surface area contributed by atoms with Gasteiger partial charge in [-0.15, -0.1) is 0 Å². The van der Waals surface area contributed by atoms with E-state index in [4.69, 9.17) is 9.15 Å². The number of benzene rings is 1. The van der Waals surface area contributed by atoms with Crippen LogP contribution in [0.15, 0.2) is 45.4 Å². The Morgan fingerprint density at radius 3 is 2.83 bits per heavy atom. The first-order valence-corrected chi connectivity index (χ1v) is 6.12. The fourth-order valence-corrected chi connectivity index (χ4v) is 1.88. The van der Waals surface area contributed by atoms with E-state index < -0.39 is 0 Å². The number of ether oxygens (including phenoxy) is 1. The maximum atomic E-state index is 5.67. The average Bonchev–Trinajstić information content (AvgIpc) is 2.82. The molecule has 0 aliphatic carbocycles. The molecule has 2 aromatic heterocycles. The van der Waals surface area contributed by atoms with Gasteiger partial charge in [-0.3, -0.25) is 4.98 Å². The SMILES string of the molecule is COc1ccc2nc(-c3ccc(Br)cn3)oc2c1. The maximum Gasteiger partial charge on any atom is 0.246 e. The minimum Gasteiger partial charge on any atom is -0.497 e. The number of hydrogen-bond acceptors (Lipinski definition) is 4. The summed E-state index contributed by atoms with van der Waals surface area (Å²) in [6, 6.07) is 9.28. The molecule has 0 radical (unpaired) electrons. The number of pyridine rings is 1. The predicted octanol–water partition coefficient (Wildman–Crippen LogP) is 3.66. The van der Waals surface area contributed by atoms with Gasteiger partial charge in [0.25, 0.3) is 0 Å². The van der Waals surface area contributed by atoms with E-state index in [1.807, 2.05) is 30.3 Å². The Morgan fingerprint density at radius 1 is 1.22 bits per heavy atom. The van der Waals surface area contributed by atoms with Crippen LogP contribution in [0.5, 0.6) is 5.75 Å². The van der Waals surface area contributed by atoms with Crippen LogP contribution in [-0.2, 0) is 0 Å². The second-order valence-corrected chi connectivity index (χ2v) is 4.63. The van der Waals surface area contributed by atoms with Crippen LogP contribution < -0.4 is 4.74 Å². The zero-order chi connectivity index (χ0) is 12.5. The Kier molecular flexibility index (Phi) is 2.76. The van der Waals surface area contributed by atoms with E-state index in [-0.39, 0.29) is 0 Å². The molecule has 0 fully saturated rings. The molecule has 0 amide bonds. The summed E-state index contributed by atoms with van der Waals surface area (Å²) in [5.41, 5.74) is 2.18. The van der Waals surface area contributed by atoms with Crippen LogP contribution in [0.2, 0.25) is 0 Å². The van der Waals surface area contributed by atoms with Crippen molar-refractivity contribution in [2.45, 2.75) is 0 Å². The first-order chi connectivity index (χ1) is 8.76. The van der Waals surface area contributed by atoms with Gasteiger partial charge in [-0.2, -0.15) is 0 Å². The molecule has 3 rings (SSSR count). The molecule has 0 saturated carbocycles. The first kappa shape index (κ1) is 11.2. The van der Waals surface area contributed by atoms with E-state index >= 15 is 0 Å². The highest BCUT2D eigenvalue weighted by atomic mass is 79.9. The van der Waals surface area contributed by atoms with E-state index in [1.165, 1.54) is 0 Å². The summed E-state index contributed by atoms with van der Waals surface area (Å²) < 4.78 is 11.7. The number of oxazole rings is 1. The van der Waals surface area contributed by atoms with E-state index in [0.29, 0.717) is 17.2 Å². The van der Waals surface area contributed by atoms with Gasteiger partial charge in [-0.05, 0) is 40.2 Å². The highest BCUT2D eigenvalue weighted by molar-refractivity contribution is 9.10. The Morgan fingerprint density at radius 2 is 2.11 bits per heavy atom. The molecule has 4 nitrogen and oxygen atoms in total. The molecular weight excluding hydrogens is 296 g/mol. The van der Waals surface area contributed by atoms with Gasteiger partial charge in [0.15, 0.2) is 5.58 Å². The van der Waals surface area contributed by atoms with Gasteiger partial charge < -0.3 is 9.15 Å². The zero-order valence-corrected chi connectivity index (χ0v) is 11.1. The third kappa shape index (κ3) is 1.97. The Hall–Kier alpha value is -1.88. The molecule has 0 spiro atoms. The quantitative estimate of drug-likeness (QED) is 0.725. The van der Waals surface area contributed by atoms with Gasteiger partial charge >= 0.3 is 0 Å². The summed E-state index contributed by atoms with van der Waals surface area (Å²) in [7, 11) is 1.62. The normalized spacial score (nSPS) is 10.8. The number of nitrogens with zero attached hydrogens (tertiary/aromatic N) is 2. The lowest BCUT2D eigenvalue weighted by molar-refractivity contribution is 0.414. The predicted molar refractivity (Wildman–Crippen MR) is 71.5 cm³/mol. The van der Waals surface area contributed by atoms with E-state index in [2.05, 4.69) is 25.9 Å². The third-order valence-electron chi connectivity index (χ3n) is 2.54. The number of halogens is 1. The number of fused-ring (bicyclic) bond motifs is 1. The molecule has 3 aromatic rings. The molecule has 18 heavy (non-hydrogen) atoms. The van der Waals surface area contributed by atoms with Crippen molar-refractivity contribution >= 4 is 27.0 Å². The average molecular weight is 305 g/mol. The van der Waals surface area contributed by atoms with Crippen LogP contribution in [-0.4, -0.2) is 17.1 Å². The van der Waals surface area contributed by atoms with Crippen LogP contribution in [0.25, 0.3) is 22.7 Å². The fraction of sp³-hybridized carbons (Fsp3) is 0.0769. The van der Waals surface area contributed by atoms with Crippen molar-refractivity contribution in [3.63, 3.8) is 0 Å². The largest absolute Gasteiger partial charge is 0.497 e. The van der Waals surface area contributed by atoms with Crippen molar-refractivity contribution in [2.24, 2.45) is 0 Å². The lowest BCUT2D eigenvalue weighted by Gasteiger charge is -1.96. The summed E-state index contributed by atoms with van der Waals surface area (Å²) in [5.74, 6) is 1.25. The van der Waals surface area contributed by atoms with E-state index in [1.54, 1.807) is 13.3 Å². The lowest BCUT2D eigenvalue weighted by Crippen LogP contribution is -1.81. The van der Waals surface area contributed by atoms with Crippen molar-refractivity contribution in [1.82, 2.24) is 9.97 Å². The van der Waals surface area contributed by atoms with E-state index in [9.17, 15) is 0 Å². The van der Waals surface area contributed by atoms with Crippen LogP contribution in [0.1, 0.15) is 0 Å². The van der Waals surface area contributed by atoms with Gasteiger partial charge in [0, 0.05) is 16.7 Å². The summed E-state index contributed by atoms with van der Waals surface area (Å²) in [6.07, 6.45) is 1.71. The minimum atomic E-state index is 0.505. The van der Waals surface area contributed by atoms with Crippen molar-refractivity contribution in [2.75, 3.05) is 7.11 Å². The van der Waals surface area contributed by atoms with Crippen LogP contribution in [0, 0.1) is 0 Å². The molecule has 0 saturated heterocycles. The summed E-state index contributed by atoms with van der Waals surface area (Å²) in [4.78, 5) is 8.64. The number of methoxy groups -OCH3 is 1. The first-order valence-electron chi connectivity index (χ1n) is 5.33. The highest BCUT2D eigenvalue weighted by Crippen LogP contribution is 2.26. The number of hydrogen-bond donors (Lipinski definition) is 0. The molecular formula is C13H9BrN2O2. The molecule has 1 aromatic carbocycles.